The van der Waals surface area contributed by atoms with Crippen molar-refractivity contribution in [2.24, 2.45) is 4.74 Å². The molecule has 0 aromatic carbocycles. The van der Waals surface area contributed by atoms with Crippen molar-refractivity contribution < 1.29 is 18.5 Å². The molecule has 0 fully saturated rings. The van der Waals surface area contributed by atoms with E-state index >= 15 is 0 Å². The van der Waals surface area contributed by atoms with Crippen molar-refractivity contribution in [2.75, 3.05) is 54.4 Å². The van der Waals surface area contributed by atoms with Crippen LogP contribution in [0.5, 0.6) is 0 Å². The van der Waals surface area contributed by atoms with Crippen LogP contribution in [-0.4, -0.2) is 54.4 Å². The van der Waals surface area contributed by atoms with Crippen molar-refractivity contribution in [1.29, 1.82) is 0 Å². The van der Waals surface area contributed by atoms with Crippen molar-refractivity contribution in [3.05, 3.63) is 0 Å². The molecule has 0 saturated carbocycles. The van der Waals surface area contributed by atoms with Crippen molar-refractivity contribution in [3.63, 3.8) is 0 Å². The first kappa shape index (κ1) is 14.1. The Morgan fingerprint density at radius 3 is 2.21 bits per heavy atom. The molecule has 0 aliphatic rings. The predicted molar refractivity (Wildman–Crippen MR) is 56.9 cm³/mol. The monoisotopic (exact) mass is 225 g/mol. The Kier molecular flexibility index (Phi) is 8.43. The van der Waals surface area contributed by atoms with E-state index in [1.807, 2.05) is 6.66 Å². The van der Waals surface area contributed by atoms with E-state index in [1.165, 1.54) is 0 Å². The van der Waals surface area contributed by atoms with Gasteiger partial charge in [-0.3, -0.25) is 4.74 Å². The molecule has 0 aromatic rings. The van der Waals surface area contributed by atoms with Gasteiger partial charge in [0.05, 0.1) is 26.4 Å². The summed E-state index contributed by atoms with van der Waals surface area (Å²) in [7, 11) is 2.97. The fourth-order valence-corrected chi connectivity index (χ4v) is 1.50. The number of methoxy groups -OCH3 is 1. The summed E-state index contributed by atoms with van der Waals surface area (Å²) in [5, 5.41) is 0. The average Bonchev–Trinajstić information content (AvgIpc) is 2.23. The Balaban J connectivity index is 3.44. The Bertz CT molecular complexity index is 186. The summed E-state index contributed by atoms with van der Waals surface area (Å²) in [6, 6.07) is 0. The summed E-state index contributed by atoms with van der Waals surface area (Å²) in [5.74, 6) is 0. The number of rotatable bonds is 8. The summed E-state index contributed by atoms with van der Waals surface area (Å²) < 4.78 is 24.7. The molecule has 14 heavy (non-hydrogen) atoms. The quantitative estimate of drug-likeness (QED) is 0.465. The maximum absolute atomic E-state index is 5.46. The van der Waals surface area contributed by atoms with Gasteiger partial charge in [0.2, 0.25) is 7.51 Å². The standard InChI is InChI=1S/C8H20NO4P/c1-9-14(4,11-3)13-8-7-12-6-5-10-2/h5-8H2,1-4H3. The second-order valence-corrected chi connectivity index (χ2v) is 5.25. The topological polar surface area (TPSA) is 49.3 Å². The zero-order valence-corrected chi connectivity index (χ0v) is 10.3. The molecule has 0 radical (unpaired) electrons. The molecule has 6 heteroatoms. The van der Waals surface area contributed by atoms with Gasteiger partial charge >= 0.3 is 0 Å². The Labute approximate surface area is 85.9 Å². The molecular formula is C8H20NO4P. The fraction of sp³-hybridized carbons (Fsp3) is 1.00. The molecule has 0 N–H and O–H groups in total. The third-order valence-electron chi connectivity index (χ3n) is 1.69. The third-order valence-corrected chi connectivity index (χ3v) is 3.76. The van der Waals surface area contributed by atoms with Gasteiger partial charge in [-0.25, -0.2) is 0 Å². The highest BCUT2D eigenvalue weighted by Gasteiger charge is 2.09. The molecule has 1 unspecified atom stereocenters. The summed E-state index contributed by atoms with van der Waals surface area (Å²) in [6.07, 6.45) is 0. The van der Waals surface area contributed by atoms with Crippen LogP contribution >= 0.6 is 7.51 Å². The van der Waals surface area contributed by atoms with E-state index in [0.29, 0.717) is 26.4 Å². The highest BCUT2D eigenvalue weighted by Crippen LogP contribution is 2.46. The van der Waals surface area contributed by atoms with Gasteiger partial charge in [0.15, 0.2) is 0 Å². The van der Waals surface area contributed by atoms with E-state index < -0.39 is 7.51 Å². The first-order valence-electron chi connectivity index (χ1n) is 4.43. The molecule has 5 nitrogen and oxygen atoms in total. The molecule has 1 atom stereocenters. The van der Waals surface area contributed by atoms with Crippen molar-refractivity contribution in [1.82, 2.24) is 0 Å². The number of nitrogens with zero attached hydrogens (tertiary/aromatic N) is 1. The average molecular weight is 225 g/mol. The zero-order chi connectivity index (χ0) is 10.9. The number of ether oxygens (including phenoxy) is 2. The van der Waals surface area contributed by atoms with E-state index in [1.54, 1.807) is 21.3 Å². The van der Waals surface area contributed by atoms with E-state index in [2.05, 4.69) is 4.74 Å². The van der Waals surface area contributed by atoms with Crippen LogP contribution in [0.1, 0.15) is 0 Å². The van der Waals surface area contributed by atoms with E-state index in [-0.39, 0.29) is 0 Å². The molecule has 0 aromatic heterocycles. The minimum Gasteiger partial charge on any atom is -0.382 e. The molecule has 0 aliphatic carbocycles. The molecule has 0 saturated heterocycles. The second-order valence-electron chi connectivity index (χ2n) is 2.62. The minimum atomic E-state index is -1.97. The van der Waals surface area contributed by atoms with Crippen LogP contribution in [0, 0.1) is 0 Å². The van der Waals surface area contributed by atoms with Crippen LogP contribution in [0.3, 0.4) is 0 Å². The van der Waals surface area contributed by atoms with Crippen LogP contribution in [0.4, 0.5) is 0 Å². The highest BCUT2D eigenvalue weighted by atomic mass is 31.2. The van der Waals surface area contributed by atoms with E-state index in [0.717, 1.165) is 0 Å². The van der Waals surface area contributed by atoms with Gasteiger partial charge in [0.1, 0.15) is 0 Å². The number of hydrogen-bond donors (Lipinski definition) is 0. The maximum Gasteiger partial charge on any atom is 0.208 e. The molecule has 0 amide bonds. The lowest BCUT2D eigenvalue weighted by atomic mass is 10.7. The van der Waals surface area contributed by atoms with Gasteiger partial charge in [-0.1, -0.05) is 0 Å². The van der Waals surface area contributed by atoms with Gasteiger partial charge < -0.3 is 18.5 Å². The van der Waals surface area contributed by atoms with Crippen molar-refractivity contribution >= 4 is 7.51 Å². The molecule has 0 bridgehead atoms. The Morgan fingerprint density at radius 1 is 1.07 bits per heavy atom. The maximum atomic E-state index is 5.46. The highest BCUT2D eigenvalue weighted by molar-refractivity contribution is 7.55. The Hall–Kier alpha value is 0.0700. The summed E-state index contributed by atoms with van der Waals surface area (Å²) >= 11 is 0. The van der Waals surface area contributed by atoms with Crippen LogP contribution in [-0.2, 0) is 18.5 Å². The fourth-order valence-electron chi connectivity index (χ4n) is 0.702. The molecular weight excluding hydrogens is 205 g/mol. The number of hydrogen-bond acceptors (Lipinski definition) is 5. The summed E-state index contributed by atoms with van der Waals surface area (Å²) in [5.41, 5.74) is 0. The lowest BCUT2D eigenvalue weighted by Gasteiger charge is -2.16. The van der Waals surface area contributed by atoms with Crippen LogP contribution < -0.4 is 0 Å². The van der Waals surface area contributed by atoms with Crippen LogP contribution in [0.15, 0.2) is 4.74 Å². The summed E-state index contributed by atoms with van der Waals surface area (Å²) in [6.45, 7) is 4.10. The van der Waals surface area contributed by atoms with Crippen LogP contribution in [0.25, 0.3) is 0 Å². The van der Waals surface area contributed by atoms with Gasteiger partial charge in [-0.15, -0.1) is 0 Å². The van der Waals surface area contributed by atoms with Gasteiger partial charge in [0.25, 0.3) is 0 Å². The third kappa shape index (κ3) is 6.51. The first-order valence-corrected chi connectivity index (χ1v) is 6.46. The SMILES string of the molecule is CN=P(C)(OC)OCCOCCOC. The largest absolute Gasteiger partial charge is 0.382 e. The lowest BCUT2D eigenvalue weighted by molar-refractivity contribution is 0.0537. The summed E-state index contributed by atoms with van der Waals surface area (Å²) in [4.78, 5) is 0. The normalized spacial score (nSPS) is 15.1. The van der Waals surface area contributed by atoms with E-state index in [9.17, 15) is 0 Å². The molecule has 0 aliphatic heterocycles. The van der Waals surface area contributed by atoms with Crippen LogP contribution in [0.2, 0.25) is 0 Å². The van der Waals surface area contributed by atoms with Gasteiger partial charge in [-0.05, 0) is 0 Å². The van der Waals surface area contributed by atoms with E-state index in [4.69, 9.17) is 18.5 Å². The lowest BCUT2D eigenvalue weighted by Crippen LogP contribution is -2.07. The molecule has 0 rings (SSSR count). The molecule has 0 spiro atoms. The molecule has 0 heterocycles. The predicted octanol–water partition coefficient (Wildman–Crippen LogP) is 1.60. The Morgan fingerprint density at radius 2 is 1.71 bits per heavy atom. The van der Waals surface area contributed by atoms with Crippen molar-refractivity contribution in [2.45, 2.75) is 0 Å². The zero-order valence-electron chi connectivity index (χ0n) is 9.36. The minimum absolute atomic E-state index is 0.499. The van der Waals surface area contributed by atoms with Crippen molar-refractivity contribution in [3.8, 4) is 0 Å². The smallest absolute Gasteiger partial charge is 0.208 e. The first-order chi connectivity index (χ1) is 6.68. The van der Waals surface area contributed by atoms with Gasteiger partial charge in [0, 0.05) is 27.9 Å². The second kappa shape index (κ2) is 8.38. The van der Waals surface area contributed by atoms with Gasteiger partial charge in [-0.2, -0.15) is 0 Å². The molecule has 86 valence electrons.